The summed E-state index contributed by atoms with van der Waals surface area (Å²) < 4.78 is 0. The number of carbonyl (C=O) groups is 3. The molecule has 3 amide bonds. The van der Waals surface area contributed by atoms with Crippen LogP contribution in [0.15, 0.2) is 24.3 Å². The van der Waals surface area contributed by atoms with Crippen molar-refractivity contribution in [3.63, 3.8) is 0 Å². The maximum absolute atomic E-state index is 12.3. The Morgan fingerprint density at radius 1 is 1.41 bits per heavy atom. The Bertz CT molecular complexity index is 600. The summed E-state index contributed by atoms with van der Waals surface area (Å²) in [6.45, 7) is 2.26. The third kappa shape index (κ3) is 3.44. The van der Waals surface area contributed by atoms with Crippen molar-refractivity contribution in [2.24, 2.45) is 11.7 Å². The van der Waals surface area contributed by atoms with E-state index in [-0.39, 0.29) is 24.8 Å². The topological polar surface area (TPSA) is 83.7 Å². The minimum atomic E-state index is -0.562. The van der Waals surface area contributed by atoms with Gasteiger partial charge in [0, 0.05) is 25.7 Å². The molecule has 1 aliphatic heterocycles. The molecule has 1 saturated heterocycles. The summed E-state index contributed by atoms with van der Waals surface area (Å²) >= 11 is 0. The first-order valence-electron chi connectivity index (χ1n) is 7.35. The van der Waals surface area contributed by atoms with Gasteiger partial charge in [-0.1, -0.05) is 19.1 Å². The van der Waals surface area contributed by atoms with Gasteiger partial charge < -0.3 is 15.5 Å². The highest BCUT2D eigenvalue weighted by molar-refractivity contribution is 6.00. The molecule has 2 rings (SSSR count). The summed E-state index contributed by atoms with van der Waals surface area (Å²) in [4.78, 5) is 38.3. The monoisotopic (exact) mass is 303 g/mol. The number of amides is 3. The summed E-state index contributed by atoms with van der Waals surface area (Å²) in [5, 5.41) is 0. The van der Waals surface area contributed by atoms with E-state index in [1.54, 1.807) is 4.90 Å². The maximum atomic E-state index is 12.3. The van der Waals surface area contributed by atoms with Gasteiger partial charge in [0.1, 0.15) is 0 Å². The van der Waals surface area contributed by atoms with Gasteiger partial charge in [-0.15, -0.1) is 0 Å². The maximum Gasteiger partial charge on any atom is 0.237 e. The molecule has 0 spiro atoms. The minimum Gasteiger partial charge on any atom is -0.368 e. The van der Waals surface area contributed by atoms with Crippen molar-refractivity contribution in [3.8, 4) is 0 Å². The van der Waals surface area contributed by atoms with Gasteiger partial charge in [0.15, 0.2) is 0 Å². The van der Waals surface area contributed by atoms with Crippen LogP contribution >= 0.6 is 0 Å². The van der Waals surface area contributed by atoms with Crippen molar-refractivity contribution < 1.29 is 14.4 Å². The van der Waals surface area contributed by atoms with Crippen molar-refractivity contribution in [1.82, 2.24) is 4.90 Å². The largest absolute Gasteiger partial charge is 0.368 e. The fourth-order valence-electron chi connectivity index (χ4n) is 2.69. The van der Waals surface area contributed by atoms with E-state index in [1.807, 2.05) is 24.3 Å². The number of carbonyl (C=O) groups excluding carboxylic acids is 3. The molecule has 1 aromatic rings. The Labute approximate surface area is 129 Å². The van der Waals surface area contributed by atoms with Crippen molar-refractivity contribution in [1.29, 1.82) is 0 Å². The second-order valence-corrected chi connectivity index (χ2v) is 5.59. The molecule has 1 aromatic carbocycles. The van der Waals surface area contributed by atoms with Gasteiger partial charge in [-0.3, -0.25) is 14.4 Å². The molecule has 0 aromatic heterocycles. The molecule has 1 aliphatic rings. The van der Waals surface area contributed by atoms with Gasteiger partial charge in [-0.25, -0.2) is 0 Å². The van der Waals surface area contributed by atoms with Crippen LogP contribution < -0.4 is 10.6 Å². The molecular weight excluding hydrogens is 282 g/mol. The van der Waals surface area contributed by atoms with Crippen molar-refractivity contribution in [3.05, 3.63) is 29.8 Å². The molecule has 0 saturated carbocycles. The number of rotatable bonds is 5. The van der Waals surface area contributed by atoms with Crippen LogP contribution in [-0.2, 0) is 20.8 Å². The molecule has 1 fully saturated rings. The van der Waals surface area contributed by atoms with Gasteiger partial charge in [-0.2, -0.15) is 0 Å². The van der Waals surface area contributed by atoms with E-state index in [2.05, 4.69) is 6.92 Å². The van der Waals surface area contributed by atoms with Crippen LogP contribution in [0.5, 0.6) is 0 Å². The lowest BCUT2D eigenvalue weighted by Crippen LogP contribution is -2.39. The molecule has 0 unspecified atom stereocenters. The number of primary amides is 1. The van der Waals surface area contributed by atoms with E-state index < -0.39 is 11.8 Å². The number of aryl methyl sites for hydroxylation is 1. The highest BCUT2D eigenvalue weighted by Crippen LogP contribution is 2.26. The first-order chi connectivity index (χ1) is 10.4. The van der Waals surface area contributed by atoms with Gasteiger partial charge >= 0.3 is 0 Å². The first-order valence-corrected chi connectivity index (χ1v) is 7.35. The quantitative estimate of drug-likeness (QED) is 0.862. The molecule has 118 valence electrons. The van der Waals surface area contributed by atoms with Gasteiger partial charge in [-0.05, 0) is 24.1 Å². The van der Waals surface area contributed by atoms with E-state index >= 15 is 0 Å². The van der Waals surface area contributed by atoms with E-state index in [0.29, 0.717) is 6.54 Å². The minimum absolute atomic E-state index is 0.0703. The predicted octanol–water partition coefficient (Wildman–Crippen LogP) is 0.546. The number of likely N-dealkylation sites (N-methyl/N-ethyl adjacent to an activating group) is 1. The first kappa shape index (κ1) is 16.0. The molecular formula is C16H21N3O3. The lowest BCUT2D eigenvalue weighted by molar-refractivity contribution is -0.137. The smallest absolute Gasteiger partial charge is 0.237 e. The van der Waals surface area contributed by atoms with Crippen LogP contribution in [0.1, 0.15) is 18.9 Å². The Kier molecular flexibility index (Phi) is 4.80. The van der Waals surface area contributed by atoms with Gasteiger partial charge in [0.05, 0.1) is 12.5 Å². The number of nitrogens with zero attached hydrogens (tertiary/aromatic N) is 2. The zero-order valence-corrected chi connectivity index (χ0v) is 12.9. The van der Waals surface area contributed by atoms with E-state index in [0.717, 1.165) is 17.7 Å². The molecule has 2 N–H and O–H groups in total. The van der Waals surface area contributed by atoms with E-state index in [9.17, 15) is 14.4 Å². The van der Waals surface area contributed by atoms with Crippen molar-refractivity contribution in [2.75, 3.05) is 25.0 Å². The lowest BCUT2D eigenvalue weighted by Gasteiger charge is -2.20. The average molecular weight is 303 g/mol. The van der Waals surface area contributed by atoms with Crippen molar-refractivity contribution in [2.45, 2.75) is 19.8 Å². The highest BCUT2D eigenvalue weighted by atomic mass is 16.2. The lowest BCUT2D eigenvalue weighted by atomic mass is 10.1. The Morgan fingerprint density at radius 3 is 2.77 bits per heavy atom. The number of anilines is 1. The highest BCUT2D eigenvalue weighted by Gasteiger charge is 2.36. The summed E-state index contributed by atoms with van der Waals surface area (Å²) in [5.41, 5.74) is 7.06. The summed E-state index contributed by atoms with van der Waals surface area (Å²) in [7, 11) is 1.53. The van der Waals surface area contributed by atoms with Gasteiger partial charge in [0.25, 0.3) is 0 Å². The number of hydrogen-bond acceptors (Lipinski definition) is 3. The van der Waals surface area contributed by atoms with E-state index in [1.165, 1.54) is 11.9 Å². The van der Waals surface area contributed by atoms with Crippen LogP contribution in [0.2, 0.25) is 0 Å². The molecule has 6 heteroatoms. The molecule has 0 bridgehead atoms. The molecule has 22 heavy (non-hydrogen) atoms. The normalized spacial score (nSPS) is 17.6. The van der Waals surface area contributed by atoms with Crippen LogP contribution in [0, 0.1) is 5.92 Å². The third-order valence-corrected chi connectivity index (χ3v) is 3.87. The molecule has 1 atom stereocenters. The van der Waals surface area contributed by atoms with Crippen LogP contribution in [0.3, 0.4) is 0 Å². The number of hydrogen-bond donors (Lipinski definition) is 1. The average Bonchev–Trinajstić information content (AvgIpc) is 2.87. The summed E-state index contributed by atoms with van der Waals surface area (Å²) in [6, 6.07) is 7.76. The summed E-state index contributed by atoms with van der Waals surface area (Å²) in [5.74, 6) is -1.28. The van der Waals surface area contributed by atoms with Gasteiger partial charge in [0.2, 0.25) is 17.7 Å². The van der Waals surface area contributed by atoms with Crippen LogP contribution in [0.25, 0.3) is 0 Å². The number of nitrogens with two attached hydrogens (primary N) is 1. The zero-order valence-electron chi connectivity index (χ0n) is 12.9. The molecule has 1 heterocycles. The van der Waals surface area contributed by atoms with Crippen LogP contribution in [0.4, 0.5) is 5.69 Å². The second-order valence-electron chi connectivity index (χ2n) is 5.59. The Morgan fingerprint density at radius 2 is 2.14 bits per heavy atom. The fourth-order valence-corrected chi connectivity index (χ4v) is 2.69. The summed E-state index contributed by atoms with van der Waals surface area (Å²) in [6.07, 6.45) is 1.05. The third-order valence-electron chi connectivity index (χ3n) is 3.87. The van der Waals surface area contributed by atoms with E-state index in [4.69, 9.17) is 5.73 Å². The molecule has 0 aliphatic carbocycles. The fraction of sp³-hybridized carbons (Fsp3) is 0.438. The van der Waals surface area contributed by atoms with Crippen molar-refractivity contribution >= 4 is 23.4 Å². The second kappa shape index (κ2) is 6.60. The number of benzene rings is 1. The molecule has 0 radical (unpaired) electrons. The SMILES string of the molecule is CCc1cccc(N2C[C@@H](C(=O)N(C)CC(N)=O)CC2=O)c1. The predicted molar refractivity (Wildman–Crippen MR) is 83.1 cm³/mol. The Hall–Kier alpha value is -2.37. The zero-order chi connectivity index (χ0) is 16.3. The van der Waals surface area contributed by atoms with Crippen LogP contribution in [-0.4, -0.2) is 42.8 Å². The Balaban J connectivity index is 2.10. The molecule has 6 nitrogen and oxygen atoms in total. The standard InChI is InChI=1S/C16H21N3O3/c1-3-11-5-4-6-13(7-11)19-9-12(8-15(19)21)16(22)18(2)10-14(17)20/h4-7,12H,3,8-10H2,1-2H3,(H2,17,20)/t12-/m0/s1.